The molecular weight excluding hydrogens is 184 g/mol. The van der Waals surface area contributed by atoms with Gasteiger partial charge in [0.2, 0.25) is 0 Å². The Morgan fingerprint density at radius 2 is 2.27 bits per heavy atom. The maximum absolute atomic E-state index is 11.5. The fourth-order valence-electron chi connectivity index (χ4n) is 2.49. The van der Waals surface area contributed by atoms with E-state index >= 15 is 0 Å². The molecule has 15 heavy (non-hydrogen) atoms. The highest BCUT2D eigenvalue weighted by atomic mass is 16.1. The first-order valence-electron chi connectivity index (χ1n) is 5.82. The Kier molecular flexibility index (Phi) is 3.54. The van der Waals surface area contributed by atoms with Crippen molar-refractivity contribution in [2.24, 2.45) is 11.3 Å². The van der Waals surface area contributed by atoms with Gasteiger partial charge in [0.05, 0.1) is 0 Å². The van der Waals surface area contributed by atoms with Gasteiger partial charge in [-0.3, -0.25) is 4.79 Å². The van der Waals surface area contributed by atoms with Crippen LogP contribution < -0.4 is 0 Å². The summed E-state index contributed by atoms with van der Waals surface area (Å²) in [6, 6.07) is 0. The lowest BCUT2D eigenvalue weighted by atomic mass is 9.64. The summed E-state index contributed by atoms with van der Waals surface area (Å²) in [6.45, 7) is 12.8. The summed E-state index contributed by atoms with van der Waals surface area (Å²) in [5.74, 6) is 0.863. The third-order valence-corrected chi connectivity index (χ3v) is 3.97. The van der Waals surface area contributed by atoms with Crippen molar-refractivity contribution < 1.29 is 4.79 Å². The van der Waals surface area contributed by atoms with Gasteiger partial charge >= 0.3 is 0 Å². The molecule has 0 aromatic rings. The van der Waals surface area contributed by atoms with Crippen molar-refractivity contribution in [3.05, 3.63) is 23.8 Å². The largest absolute Gasteiger partial charge is 0.295 e. The van der Waals surface area contributed by atoms with E-state index in [-0.39, 0.29) is 11.2 Å². The maximum Gasteiger partial charge on any atom is 0.156 e. The summed E-state index contributed by atoms with van der Waals surface area (Å²) in [5, 5.41) is 0. The first kappa shape index (κ1) is 12.2. The van der Waals surface area contributed by atoms with Crippen LogP contribution in [0.3, 0.4) is 0 Å². The van der Waals surface area contributed by atoms with Crippen LogP contribution in [0.4, 0.5) is 0 Å². The molecule has 0 heterocycles. The summed E-state index contributed by atoms with van der Waals surface area (Å²) in [5.41, 5.74) is 2.37. The van der Waals surface area contributed by atoms with E-state index in [0.29, 0.717) is 12.3 Å². The van der Waals surface area contributed by atoms with Gasteiger partial charge < -0.3 is 0 Å². The Labute approximate surface area is 93.3 Å². The van der Waals surface area contributed by atoms with Gasteiger partial charge in [-0.2, -0.15) is 0 Å². The topological polar surface area (TPSA) is 17.1 Å². The Bertz CT molecular complexity index is 311. The second-order valence-corrected chi connectivity index (χ2v) is 5.03. The van der Waals surface area contributed by atoms with E-state index in [1.807, 2.05) is 13.0 Å². The molecule has 1 aliphatic carbocycles. The van der Waals surface area contributed by atoms with Gasteiger partial charge in [-0.25, -0.2) is 0 Å². The third kappa shape index (κ3) is 2.22. The normalized spacial score (nSPS) is 28.5. The van der Waals surface area contributed by atoms with Gasteiger partial charge in [0, 0.05) is 6.42 Å². The maximum atomic E-state index is 11.5. The van der Waals surface area contributed by atoms with Gasteiger partial charge in [-0.05, 0) is 36.3 Å². The molecule has 0 saturated heterocycles. The van der Waals surface area contributed by atoms with E-state index in [4.69, 9.17) is 0 Å². The van der Waals surface area contributed by atoms with Crippen molar-refractivity contribution in [2.45, 2.75) is 47.0 Å². The Morgan fingerprint density at radius 1 is 1.67 bits per heavy atom. The quantitative estimate of drug-likeness (QED) is 0.684. The van der Waals surface area contributed by atoms with Crippen LogP contribution in [0.2, 0.25) is 0 Å². The molecule has 0 aliphatic heterocycles. The van der Waals surface area contributed by atoms with Crippen LogP contribution in [0.1, 0.15) is 47.0 Å². The molecule has 1 nitrogen and oxygen atoms in total. The number of carbonyl (C=O) groups excluding carboxylic acids is 1. The molecule has 0 saturated carbocycles. The molecule has 0 fully saturated rings. The standard InChI is InChI=1S/C14H22O/c1-6-11(4)14(5)8-7-12(15)9-13(14)10(2)3/h9,11H,2,6-8H2,1,3-5H3. The molecule has 2 atom stereocenters. The average molecular weight is 206 g/mol. The fraction of sp³-hybridized carbons (Fsp3) is 0.643. The zero-order valence-corrected chi connectivity index (χ0v) is 10.4. The molecule has 0 bridgehead atoms. The first-order chi connectivity index (χ1) is 6.91. The summed E-state index contributed by atoms with van der Waals surface area (Å²) < 4.78 is 0. The van der Waals surface area contributed by atoms with E-state index in [1.165, 1.54) is 5.57 Å². The number of ketones is 1. The molecule has 1 rings (SSSR count). The predicted molar refractivity (Wildman–Crippen MR) is 64.7 cm³/mol. The van der Waals surface area contributed by atoms with Crippen LogP contribution in [0.15, 0.2) is 23.8 Å². The van der Waals surface area contributed by atoms with Crippen LogP contribution in [0, 0.1) is 11.3 Å². The van der Waals surface area contributed by atoms with Crippen LogP contribution >= 0.6 is 0 Å². The number of allylic oxidation sites excluding steroid dienone is 3. The zero-order valence-electron chi connectivity index (χ0n) is 10.4. The van der Waals surface area contributed by atoms with E-state index in [2.05, 4.69) is 27.4 Å². The molecule has 0 spiro atoms. The molecule has 1 aliphatic rings. The molecule has 0 amide bonds. The summed E-state index contributed by atoms with van der Waals surface area (Å²) >= 11 is 0. The van der Waals surface area contributed by atoms with Gasteiger partial charge in [0.15, 0.2) is 5.78 Å². The second kappa shape index (κ2) is 4.34. The zero-order chi connectivity index (χ0) is 11.6. The third-order valence-electron chi connectivity index (χ3n) is 3.97. The lowest BCUT2D eigenvalue weighted by Gasteiger charge is -2.40. The van der Waals surface area contributed by atoms with Crippen LogP contribution in [-0.4, -0.2) is 5.78 Å². The van der Waals surface area contributed by atoms with Crippen molar-refractivity contribution in [1.82, 2.24) is 0 Å². The SMILES string of the molecule is C=C(C)C1=CC(=O)CCC1(C)C(C)CC. The van der Waals surface area contributed by atoms with Crippen molar-refractivity contribution in [2.75, 3.05) is 0 Å². The Balaban J connectivity index is 3.12. The monoisotopic (exact) mass is 206 g/mol. The lowest BCUT2D eigenvalue weighted by Crippen LogP contribution is -2.32. The number of hydrogen-bond donors (Lipinski definition) is 0. The van der Waals surface area contributed by atoms with Gasteiger partial charge in [-0.15, -0.1) is 0 Å². The molecule has 1 heteroatoms. The smallest absolute Gasteiger partial charge is 0.156 e. The minimum Gasteiger partial charge on any atom is -0.295 e. The van der Waals surface area contributed by atoms with Gasteiger partial charge in [0.1, 0.15) is 0 Å². The number of rotatable bonds is 3. The summed E-state index contributed by atoms with van der Waals surface area (Å²) in [7, 11) is 0. The molecule has 0 radical (unpaired) electrons. The summed E-state index contributed by atoms with van der Waals surface area (Å²) in [4.78, 5) is 11.5. The van der Waals surface area contributed by atoms with E-state index in [0.717, 1.165) is 18.4 Å². The average Bonchev–Trinajstić information content (AvgIpc) is 2.20. The minimum absolute atomic E-state index is 0.147. The van der Waals surface area contributed by atoms with Crippen molar-refractivity contribution in [1.29, 1.82) is 0 Å². The number of hydrogen-bond acceptors (Lipinski definition) is 1. The molecular formula is C14H22O. The highest BCUT2D eigenvalue weighted by Gasteiger charge is 2.37. The van der Waals surface area contributed by atoms with Crippen LogP contribution in [0.5, 0.6) is 0 Å². The van der Waals surface area contributed by atoms with E-state index in [1.54, 1.807) is 0 Å². The first-order valence-corrected chi connectivity index (χ1v) is 5.82. The van der Waals surface area contributed by atoms with Crippen LogP contribution in [-0.2, 0) is 4.79 Å². The van der Waals surface area contributed by atoms with E-state index < -0.39 is 0 Å². The fourth-order valence-corrected chi connectivity index (χ4v) is 2.49. The van der Waals surface area contributed by atoms with E-state index in [9.17, 15) is 4.79 Å². The molecule has 2 unspecified atom stereocenters. The second-order valence-electron chi connectivity index (χ2n) is 5.03. The van der Waals surface area contributed by atoms with Crippen molar-refractivity contribution in [3.63, 3.8) is 0 Å². The molecule has 84 valence electrons. The highest BCUT2D eigenvalue weighted by Crippen LogP contribution is 2.46. The molecule has 0 N–H and O–H groups in total. The van der Waals surface area contributed by atoms with Crippen LogP contribution in [0.25, 0.3) is 0 Å². The minimum atomic E-state index is 0.147. The van der Waals surface area contributed by atoms with Gasteiger partial charge in [-0.1, -0.05) is 39.3 Å². The summed E-state index contributed by atoms with van der Waals surface area (Å²) in [6.07, 6.45) is 4.63. The predicted octanol–water partition coefficient (Wildman–Crippen LogP) is 3.90. The van der Waals surface area contributed by atoms with Crippen molar-refractivity contribution in [3.8, 4) is 0 Å². The molecule has 0 aromatic carbocycles. The number of carbonyl (C=O) groups is 1. The highest BCUT2D eigenvalue weighted by molar-refractivity contribution is 5.92. The Hall–Kier alpha value is -0.850. The van der Waals surface area contributed by atoms with Crippen molar-refractivity contribution >= 4 is 5.78 Å². The lowest BCUT2D eigenvalue weighted by molar-refractivity contribution is -0.115. The van der Waals surface area contributed by atoms with Gasteiger partial charge in [0.25, 0.3) is 0 Å². The molecule has 0 aromatic heterocycles. The Morgan fingerprint density at radius 3 is 2.73 bits per heavy atom.